The van der Waals surface area contributed by atoms with Gasteiger partial charge in [0, 0.05) is 0 Å². The zero-order chi connectivity index (χ0) is 12.3. The second kappa shape index (κ2) is 4.96. The maximum atomic E-state index is 12.8. The van der Waals surface area contributed by atoms with Gasteiger partial charge >= 0.3 is 0 Å². The van der Waals surface area contributed by atoms with E-state index >= 15 is 0 Å². The molecular formula is C16H15F. The smallest absolute Gasteiger partial charge is 0.123 e. The summed E-state index contributed by atoms with van der Waals surface area (Å²) in [4.78, 5) is 0. The number of hydrogen-bond acceptors (Lipinski definition) is 0. The highest BCUT2D eigenvalue weighted by Crippen LogP contribution is 2.22. The van der Waals surface area contributed by atoms with Gasteiger partial charge in [-0.05, 0) is 48.2 Å². The van der Waals surface area contributed by atoms with Gasteiger partial charge in [-0.2, -0.15) is 0 Å². The van der Waals surface area contributed by atoms with E-state index in [9.17, 15) is 4.39 Å². The van der Waals surface area contributed by atoms with Gasteiger partial charge in [-0.3, -0.25) is 0 Å². The van der Waals surface area contributed by atoms with Crippen LogP contribution in [0.2, 0.25) is 0 Å². The molecule has 17 heavy (non-hydrogen) atoms. The van der Waals surface area contributed by atoms with Crippen molar-refractivity contribution >= 4 is 5.57 Å². The monoisotopic (exact) mass is 226 g/mol. The van der Waals surface area contributed by atoms with Crippen LogP contribution in [0.15, 0.2) is 54.6 Å². The molecule has 0 bridgehead atoms. The van der Waals surface area contributed by atoms with Crippen molar-refractivity contribution in [1.29, 1.82) is 0 Å². The van der Waals surface area contributed by atoms with E-state index < -0.39 is 0 Å². The molecule has 86 valence electrons. The number of halogens is 1. The fraction of sp³-hybridized carbons (Fsp3) is 0.125. The minimum absolute atomic E-state index is 0.199. The third-order valence-electron chi connectivity index (χ3n) is 2.95. The molecule has 1 heteroatoms. The fourth-order valence-corrected chi connectivity index (χ4v) is 1.73. The summed E-state index contributed by atoms with van der Waals surface area (Å²) >= 11 is 0. The first-order valence-electron chi connectivity index (χ1n) is 5.70. The maximum absolute atomic E-state index is 12.8. The molecule has 0 spiro atoms. The van der Waals surface area contributed by atoms with E-state index in [4.69, 9.17) is 0 Å². The van der Waals surface area contributed by atoms with Gasteiger partial charge in [-0.15, -0.1) is 0 Å². The van der Waals surface area contributed by atoms with Crippen LogP contribution < -0.4 is 0 Å². The predicted molar refractivity (Wildman–Crippen MR) is 71.2 cm³/mol. The van der Waals surface area contributed by atoms with Gasteiger partial charge in [0.05, 0.1) is 0 Å². The van der Waals surface area contributed by atoms with Gasteiger partial charge in [0.1, 0.15) is 5.82 Å². The summed E-state index contributed by atoms with van der Waals surface area (Å²) < 4.78 is 12.8. The normalized spacial score (nSPS) is 11.6. The Morgan fingerprint density at radius 3 is 1.82 bits per heavy atom. The summed E-state index contributed by atoms with van der Waals surface area (Å²) in [7, 11) is 0. The van der Waals surface area contributed by atoms with E-state index in [0.29, 0.717) is 0 Å². The lowest BCUT2D eigenvalue weighted by Crippen LogP contribution is -1.82. The van der Waals surface area contributed by atoms with Gasteiger partial charge in [0.2, 0.25) is 0 Å². The molecule has 0 heterocycles. The Bertz CT molecular complexity index is 518. The molecule has 0 N–H and O–H groups in total. The minimum atomic E-state index is -0.199. The Morgan fingerprint density at radius 2 is 1.35 bits per heavy atom. The molecule has 0 saturated heterocycles. The minimum Gasteiger partial charge on any atom is -0.207 e. The average molecular weight is 226 g/mol. The van der Waals surface area contributed by atoms with Crippen LogP contribution in [0.3, 0.4) is 0 Å². The molecule has 0 saturated carbocycles. The van der Waals surface area contributed by atoms with Crippen LogP contribution in [-0.4, -0.2) is 0 Å². The second-order valence-electron chi connectivity index (χ2n) is 4.06. The molecule has 0 amide bonds. The fourth-order valence-electron chi connectivity index (χ4n) is 1.73. The van der Waals surface area contributed by atoms with E-state index in [-0.39, 0.29) is 5.82 Å². The molecule has 2 aromatic rings. The van der Waals surface area contributed by atoms with E-state index in [1.807, 2.05) is 6.92 Å². The van der Waals surface area contributed by atoms with E-state index in [1.54, 1.807) is 12.1 Å². The zero-order valence-corrected chi connectivity index (χ0v) is 10.1. The molecule has 0 aromatic heterocycles. The quantitative estimate of drug-likeness (QED) is 0.682. The summed E-state index contributed by atoms with van der Waals surface area (Å²) in [6, 6.07) is 14.9. The predicted octanol–water partition coefficient (Wildman–Crippen LogP) is 4.92. The molecule has 0 nitrogen and oxygen atoms in total. The van der Waals surface area contributed by atoms with Gasteiger partial charge in [-0.1, -0.05) is 42.5 Å². The molecule has 0 aliphatic rings. The highest BCUT2D eigenvalue weighted by atomic mass is 19.1. The Kier molecular flexibility index (Phi) is 3.38. The van der Waals surface area contributed by atoms with Crippen molar-refractivity contribution in [3.05, 3.63) is 66.0 Å². The Labute approximate surface area is 101 Å². The SMILES string of the molecule is C/C=C(\C)c1ccc(-c2ccc(F)cc2)cc1. The summed E-state index contributed by atoms with van der Waals surface area (Å²) in [6.07, 6.45) is 2.09. The summed E-state index contributed by atoms with van der Waals surface area (Å²) in [5, 5.41) is 0. The van der Waals surface area contributed by atoms with Crippen molar-refractivity contribution in [1.82, 2.24) is 0 Å². The van der Waals surface area contributed by atoms with Crippen molar-refractivity contribution in [2.24, 2.45) is 0 Å². The van der Waals surface area contributed by atoms with Crippen LogP contribution in [0, 0.1) is 5.82 Å². The Balaban J connectivity index is 2.32. The number of benzene rings is 2. The number of hydrogen-bond donors (Lipinski definition) is 0. The third-order valence-corrected chi connectivity index (χ3v) is 2.95. The first kappa shape index (κ1) is 11.6. The van der Waals surface area contributed by atoms with Crippen molar-refractivity contribution in [2.45, 2.75) is 13.8 Å². The van der Waals surface area contributed by atoms with Crippen LogP contribution in [0.5, 0.6) is 0 Å². The molecule has 0 radical (unpaired) electrons. The van der Waals surface area contributed by atoms with Gasteiger partial charge in [-0.25, -0.2) is 4.39 Å². The first-order valence-corrected chi connectivity index (χ1v) is 5.70. The largest absolute Gasteiger partial charge is 0.207 e. The summed E-state index contributed by atoms with van der Waals surface area (Å²) in [5.74, 6) is -0.199. The standard InChI is InChI=1S/C16H15F/c1-3-12(2)13-4-6-14(7-5-13)15-8-10-16(17)11-9-15/h3-11H,1-2H3/b12-3+. The molecule has 2 rings (SSSR count). The number of allylic oxidation sites excluding steroid dienone is 2. The van der Waals surface area contributed by atoms with Crippen LogP contribution in [0.1, 0.15) is 19.4 Å². The third kappa shape index (κ3) is 2.62. The lowest BCUT2D eigenvalue weighted by molar-refractivity contribution is 0.628. The van der Waals surface area contributed by atoms with Crippen LogP contribution in [0.4, 0.5) is 4.39 Å². The Morgan fingerprint density at radius 1 is 0.882 bits per heavy atom. The van der Waals surface area contributed by atoms with Gasteiger partial charge in [0.15, 0.2) is 0 Å². The molecule has 0 aliphatic heterocycles. The lowest BCUT2D eigenvalue weighted by atomic mass is 10.0. The average Bonchev–Trinajstić information content (AvgIpc) is 2.39. The summed E-state index contributed by atoms with van der Waals surface area (Å²) in [6.45, 7) is 4.12. The van der Waals surface area contributed by atoms with Crippen molar-refractivity contribution in [3.63, 3.8) is 0 Å². The van der Waals surface area contributed by atoms with Crippen molar-refractivity contribution in [2.75, 3.05) is 0 Å². The molecular weight excluding hydrogens is 211 g/mol. The van der Waals surface area contributed by atoms with Crippen molar-refractivity contribution in [3.8, 4) is 11.1 Å². The molecule has 2 aromatic carbocycles. The van der Waals surface area contributed by atoms with E-state index in [2.05, 4.69) is 37.3 Å². The molecule has 0 fully saturated rings. The van der Waals surface area contributed by atoms with Crippen LogP contribution >= 0.6 is 0 Å². The number of rotatable bonds is 2. The molecule has 0 aliphatic carbocycles. The maximum Gasteiger partial charge on any atom is 0.123 e. The van der Waals surface area contributed by atoms with Crippen LogP contribution in [0.25, 0.3) is 16.7 Å². The van der Waals surface area contributed by atoms with Gasteiger partial charge in [0.25, 0.3) is 0 Å². The van der Waals surface area contributed by atoms with Crippen LogP contribution in [-0.2, 0) is 0 Å². The van der Waals surface area contributed by atoms with E-state index in [0.717, 1.165) is 11.1 Å². The first-order chi connectivity index (χ1) is 8.20. The molecule has 0 unspecified atom stereocenters. The second-order valence-corrected chi connectivity index (χ2v) is 4.06. The highest BCUT2D eigenvalue weighted by molar-refractivity contribution is 5.69. The molecule has 0 atom stereocenters. The van der Waals surface area contributed by atoms with Crippen molar-refractivity contribution < 1.29 is 4.39 Å². The zero-order valence-electron chi connectivity index (χ0n) is 10.1. The van der Waals surface area contributed by atoms with Gasteiger partial charge < -0.3 is 0 Å². The highest BCUT2D eigenvalue weighted by Gasteiger charge is 1.99. The summed E-state index contributed by atoms with van der Waals surface area (Å²) in [5.41, 5.74) is 4.63. The lowest BCUT2D eigenvalue weighted by Gasteiger charge is -2.04. The topological polar surface area (TPSA) is 0 Å². The Hall–Kier alpha value is -1.89. The van der Waals surface area contributed by atoms with E-state index in [1.165, 1.54) is 23.3 Å².